The Balaban J connectivity index is 1.57. The monoisotopic (exact) mass is 614 g/mol. The smallest absolute Gasteiger partial charge is 0.366 e. The second kappa shape index (κ2) is 12.3. The highest BCUT2D eigenvalue weighted by Crippen LogP contribution is 2.44. The molecule has 12 heteroatoms. The van der Waals surface area contributed by atoms with Gasteiger partial charge in [-0.3, -0.25) is 19.3 Å². The summed E-state index contributed by atoms with van der Waals surface area (Å²) in [6.07, 6.45) is -2.06. The van der Waals surface area contributed by atoms with Gasteiger partial charge in [-0.05, 0) is 73.2 Å². The van der Waals surface area contributed by atoms with E-state index in [0.29, 0.717) is 41.4 Å². The molecule has 2 aromatic carbocycles. The number of benzene rings is 2. The number of nitrogens with zero attached hydrogens (tertiary/aromatic N) is 3. The van der Waals surface area contributed by atoms with Gasteiger partial charge in [0.25, 0.3) is 5.91 Å². The lowest BCUT2D eigenvalue weighted by Gasteiger charge is -2.23. The first-order chi connectivity index (χ1) is 20.8. The number of carbonyl (C=O) groups excluding carboxylic acids is 2. The van der Waals surface area contributed by atoms with Gasteiger partial charge in [0, 0.05) is 41.8 Å². The molecular formula is C32H28F6N4O2. The van der Waals surface area contributed by atoms with Crippen LogP contribution in [0.2, 0.25) is 0 Å². The predicted molar refractivity (Wildman–Crippen MR) is 149 cm³/mol. The van der Waals surface area contributed by atoms with Crippen molar-refractivity contribution >= 4 is 11.7 Å². The van der Waals surface area contributed by atoms with Crippen LogP contribution in [0.5, 0.6) is 0 Å². The first-order valence-corrected chi connectivity index (χ1v) is 14.0. The molecule has 4 aromatic rings. The third-order valence-electron chi connectivity index (χ3n) is 7.72. The van der Waals surface area contributed by atoms with Gasteiger partial charge >= 0.3 is 6.18 Å². The number of halogens is 6. The highest BCUT2D eigenvalue weighted by Gasteiger charge is 2.40. The van der Waals surface area contributed by atoms with Gasteiger partial charge in [-0.2, -0.15) is 18.3 Å². The molecule has 1 aliphatic rings. The molecule has 1 saturated carbocycles. The van der Waals surface area contributed by atoms with Crippen molar-refractivity contribution in [2.45, 2.75) is 63.1 Å². The highest BCUT2D eigenvalue weighted by atomic mass is 19.4. The van der Waals surface area contributed by atoms with E-state index in [0.717, 1.165) is 24.3 Å². The molecule has 230 valence electrons. The van der Waals surface area contributed by atoms with Crippen molar-refractivity contribution in [1.82, 2.24) is 14.8 Å². The van der Waals surface area contributed by atoms with Crippen molar-refractivity contribution in [1.29, 1.82) is 0 Å². The number of amides is 1. The third kappa shape index (κ3) is 6.68. The lowest BCUT2D eigenvalue weighted by Crippen LogP contribution is -2.25. The number of rotatable bonds is 11. The van der Waals surface area contributed by atoms with Crippen LogP contribution in [-0.2, 0) is 17.4 Å². The quantitative estimate of drug-likeness (QED) is 0.180. The molecule has 0 spiro atoms. The van der Waals surface area contributed by atoms with Gasteiger partial charge in [-0.25, -0.2) is 13.2 Å². The number of carbonyl (C=O) groups is 2. The number of Topliss-reactive ketones (excluding diaryl/α,β-unsaturated/α-hetero) is 1. The van der Waals surface area contributed by atoms with Crippen molar-refractivity contribution in [2.24, 2.45) is 5.73 Å². The lowest BCUT2D eigenvalue weighted by molar-refractivity contribution is -0.142. The Morgan fingerprint density at radius 3 is 2.34 bits per heavy atom. The molecule has 0 radical (unpaired) electrons. The summed E-state index contributed by atoms with van der Waals surface area (Å²) in [7, 11) is 0. The van der Waals surface area contributed by atoms with Crippen LogP contribution >= 0.6 is 0 Å². The van der Waals surface area contributed by atoms with Gasteiger partial charge in [0.1, 0.15) is 23.5 Å². The van der Waals surface area contributed by atoms with Gasteiger partial charge in [0.05, 0.1) is 11.3 Å². The third-order valence-corrected chi connectivity index (χ3v) is 7.72. The van der Waals surface area contributed by atoms with Crippen LogP contribution in [0.3, 0.4) is 0 Å². The maximum Gasteiger partial charge on any atom is 0.435 e. The summed E-state index contributed by atoms with van der Waals surface area (Å²) in [5.41, 5.74) is 5.53. The first-order valence-electron chi connectivity index (χ1n) is 14.0. The van der Waals surface area contributed by atoms with Crippen LogP contribution in [0.25, 0.3) is 11.1 Å². The number of aromatic nitrogens is 3. The van der Waals surface area contributed by atoms with E-state index in [1.165, 1.54) is 23.0 Å². The summed E-state index contributed by atoms with van der Waals surface area (Å²) in [5, 5.41) is 3.80. The number of ketones is 1. The Morgan fingerprint density at radius 1 is 1.02 bits per heavy atom. The van der Waals surface area contributed by atoms with Crippen LogP contribution < -0.4 is 5.73 Å². The van der Waals surface area contributed by atoms with E-state index in [2.05, 4.69) is 10.1 Å². The molecule has 2 N–H and O–H groups in total. The number of hydrogen-bond acceptors (Lipinski definition) is 4. The summed E-state index contributed by atoms with van der Waals surface area (Å²) in [5.74, 6) is -4.87. The SMILES string of the molecule is CCC(C(=O)C[C@@H](Cc1cc(F)cc(F)c1)c1ncccc1-c1ccc(F)c(C(N)=O)c1)n1nc(C(F)(F)F)cc1C1CC1. The average Bonchev–Trinajstić information content (AvgIpc) is 3.70. The standard InChI is InChI=1S/C32H28F6N4O2/c1-2-26(42-27(18-5-6-18)16-29(41-42)32(36,37)38)28(43)14-20(10-17-11-21(33)15-22(34)12-17)30-23(4-3-9-40-30)19-7-8-25(35)24(13-19)31(39)44/h3-4,7-9,11-13,15-16,18,20,26H,2,5-6,10,14H2,1H3,(H2,39,44)/t20-,26?/m1/s1. The van der Waals surface area contributed by atoms with Crippen molar-refractivity contribution in [3.05, 3.63) is 106 Å². The Labute approximate surface area is 248 Å². The molecule has 0 bridgehead atoms. The van der Waals surface area contributed by atoms with Crippen molar-refractivity contribution < 1.29 is 35.9 Å². The first kappa shape index (κ1) is 31.0. The Morgan fingerprint density at radius 2 is 1.73 bits per heavy atom. The highest BCUT2D eigenvalue weighted by molar-refractivity contribution is 5.94. The number of pyridine rings is 1. The Hall–Kier alpha value is -4.48. The summed E-state index contributed by atoms with van der Waals surface area (Å²) in [4.78, 5) is 30.3. The zero-order valence-electron chi connectivity index (χ0n) is 23.5. The lowest BCUT2D eigenvalue weighted by atomic mass is 9.85. The fourth-order valence-corrected chi connectivity index (χ4v) is 5.54. The average molecular weight is 615 g/mol. The van der Waals surface area contributed by atoms with Crippen LogP contribution in [0, 0.1) is 17.5 Å². The zero-order valence-corrected chi connectivity index (χ0v) is 23.5. The summed E-state index contributed by atoms with van der Waals surface area (Å²) in [6.45, 7) is 1.67. The number of alkyl halides is 3. The molecule has 2 atom stereocenters. The zero-order chi connectivity index (χ0) is 31.8. The summed E-state index contributed by atoms with van der Waals surface area (Å²) >= 11 is 0. The van der Waals surface area contributed by atoms with E-state index in [-0.39, 0.29) is 36.3 Å². The van der Waals surface area contributed by atoms with E-state index < -0.39 is 53.0 Å². The van der Waals surface area contributed by atoms with Crippen molar-refractivity contribution in [2.75, 3.05) is 0 Å². The molecule has 2 heterocycles. The second-order valence-corrected chi connectivity index (χ2v) is 10.9. The van der Waals surface area contributed by atoms with E-state index >= 15 is 0 Å². The van der Waals surface area contributed by atoms with Gasteiger partial charge in [0.15, 0.2) is 11.5 Å². The Kier molecular flexibility index (Phi) is 8.62. The van der Waals surface area contributed by atoms with Gasteiger partial charge in [-0.15, -0.1) is 0 Å². The molecule has 5 rings (SSSR count). The molecule has 6 nitrogen and oxygen atoms in total. The molecule has 1 fully saturated rings. The largest absolute Gasteiger partial charge is 0.435 e. The Bertz CT molecular complexity index is 1690. The minimum atomic E-state index is -4.69. The molecule has 2 aromatic heterocycles. The molecule has 1 amide bonds. The van der Waals surface area contributed by atoms with Crippen LogP contribution in [-0.4, -0.2) is 26.5 Å². The molecule has 0 aliphatic heterocycles. The van der Waals surface area contributed by atoms with Crippen LogP contribution in [0.4, 0.5) is 26.3 Å². The van der Waals surface area contributed by atoms with E-state index in [1.807, 2.05) is 0 Å². The fraction of sp³-hybridized carbons (Fsp3) is 0.312. The summed E-state index contributed by atoms with van der Waals surface area (Å²) in [6, 6.07) is 9.85. The summed E-state index contributed by atoms with van der Waals surface area (Å²) < 4.78 is 84.6. The van der Waals surface area contributed by atoms with E-state index in [4.69, 9.17) is 5.73 Å². The number of hydrogen-bond donors (Lipinski definition) is 1. The topological polar surface area (TPSA) is 90.9 Å². The number of primary amides is 1. The second-order valence-electron chi connectivity index (χ2n) is 10.9. The number of nitrogens with two attached hydrogens (primary N) is 1. The molecular weight excluding hydrogens is 586 g/mol. The van der Waals surface area contributed by atoms with Gasteiger partial charge in [0.2, 0.25) is 0 Å². The van der Waals surface area contributed by atoms with Gasteiger partial charge in [-0.1, -0.05) is 19.1 Å². The fourth-order valence-electron chi connectivity index (χ4n) is 5.54. The molecule has 1 unspecified atom stereocenters. The molecule has 44 heavy (non-hydrogen) atoms. The minimum Gasteiger partial charge on any atom is -0.366 e. The van der Waals surface area contributed by atoms with E-state index in [1.54, 1.807) is 19.1 Å². The maximum absolute atomic E-state index is 14.3. The van der Waals surface area contributed by atoms with E-state index in [9.17, 15) is 35.9 Å². The maximum atomic E-state index is 14.3. The van der Waals surface area contributed by atoms with Crippen molar-refractivity contribution in [3.63, 3.8) is 0 Å². The predicted octanol–water partition coefficient (Wildman–Crippen LogP) is 7.29. The normalized spacial score (nSPS) is 14.8. The van der Waals surface area contributed by atoms with Crippen molar-refractivity contribution in [3.8, 4) is 11.1 Å². The van der Waals surface area contributed by atoms with Gasteiger partial charge < -0.3 is 5.73 Å². The minimum absolute atomic E-state index is 0.0624. The molecule has 0 saturated heterocycles. The van der Waals surface area contributed by atoms with Crippen LogP contribution in [0.15, 0.2) is 60.8 Å². The molecule has 1 aliphatic carbocycles. The van der Waals surface area contributed by atoms with Crippen LogP contribution in [0.1, 0.15) is 83.5 Å².